The number of benzene rings is 2. The van der Waals surface area contributed by atoms with Crippen molar-refractivity contribution in [2.45, 2.75) is 6.61 Å². The summed E-state index contributed by atoms with van der Waals surface area (Å²) in [6.45, 7) is 0.0943. The first-order chi connectivity index (χ1) is 10.2. The van der Waals surface area contributed by atoms with E-state index in [4.69, 9.17) is 14.3 Å². The molecule has 4 nitrogen and oxygen atoms in total. The summed E-state index contributed by atoms with van der Waals surface area (Å²) in [5, 5.41) is 9.74. The summed E-state index contributed by atoms with van der Waals surface area (Å²) in [6.07, 6.45) is 1.43. The molecular formula is C16H11FO4. The van der Waals surface area contributed by atoms with E-state index in [1.165, 1.54) is 24.5 Å². The lowest BCUT2D eigenvalue weighted by atomic mass is 10.1. The van der Waals surface area contributed by atoms with Crippen LogP contribution in [0.3, 0.4) is 0 Å². The summed E-state index contributed by atoms with van der Waals surface area (Å²) in [5.41, 5.74) is 1.04. The predicted molar refractivity (Wildman–Crippen MR) is 73.9 cm³/mol. The summed E-state index contributed by atoms with van der Waals surface area (Å²) in [5.74, 6) is -1.37. The fourth-order valence-corrected chi connectivity index (χ4v) is 2.11. The van der Waals surface area contributed by atoms with Gasteiger partial charge in [-0.2, -0.15) is 0 Å². The maximum absolute atomic E-state index is 13.5. The predicted octanol–water partition coefficient (Wildman–Crippen LogP) is 3.85. The molecule has 0 atom stereocenters. The number of carbonyl (C=O) groups is 1. The van der Waals surface area contributed by atoms with Crippen LogP contribution in [0, 0.1) is 5.82 Å². The van der Waals surface area contributed by atoms with Crippen LogP contribution in [0.25, 0.3) is 11.0 Å². The minimum Gasteiger partial charge on any atom is -0.486 e. The van der Waals surface area contributed by atoms with Crippen molar-refractivity contribution in [3.63, 3.8) is 0 Å². The van der Waals surface area contributed by atoms with Crippen molar-refractivity contribution in [3.05, 3.63) is 65.7 Å². The average molecular weight is 286 g/mol. The molecule has 0 aliphatic rings. The second kappa shape index (κ2) is 5.28. The Morgan fingerprint density at radius 3 is 2.76 bits per heavy atom. The minimum absolute atomic E-state index is 0.0876. The Balaban J connectivity index is 1.90. The largest absolute Gasteiger partial charge is 0.486 e. The van der Waals surface area contributed by atoms with Crippen LogP contribution >= 0.6 is 0 Å². The molecule has 0 spiro atoms. The monoisotopic (exact) mass is 286 g/mol. The Hall–Kier alpha value is -2.82. The topological polar surface area (TPSA) is 59.7 Å². The molecule has 106 valence electrons. The van der Waals surface area contributed by atoms with Gasteiger partial charge in [0.25, 0.3) is 0 Å². The van der Waals surface area contributed by atoms with Gasteiger partial charge in [-0.25, -0.2) is 9.18 Å². The van der Waals surface area contributed by atoms with Gasteiger partial charge >= 0.3 is 5.97 Å². The van der Waals surface area contributed by atoms with E-state index in [1.807, 2.05) is 0 Å². The van der Waals surface area contributed by atoms with Gasteiger partial charge in [0, 0.05) is 10.9 Å². The van der Waals surface area contributed by atoms with Crippen LogP contribution in [-0.2, 0) is 6.61 Å². The van der Waals surface area contributed by atoms with Gasteiger partial charge in [-0.1, -0.05) is 24.3 Å². The molecule has 0 radical (unpaired) electrons. The quantitative estimate of drug-likeness (QED) is 0.791. The van der Waals surface area contributed by atoms with Gasteiger partial charge in [0.1, 0.15) is 17.8 Å². The lowest BCUT2D eigenvalue weighted by Gasteiger charge is -2.05. The van der Waals surface area contributed by atoms with Gasteiger partial charge in [0.2, 0.25) is 0 Å². The molecule has 0 bridgehead atoms. The van der Waals surface area contributed by atoms with Crippen LogP contribution in [0.2, 0.25) is 0 Å². The van der Waals surface area contributed by atoms with Crippen molar-refractivity contribution >= 4 is 16.9 Å². The number of fused-ring (bicyclic) bond motifs is 1. The van der Waals surface area contributed by atoms with Gasteiger partial charge in [0.15, 0.2) is 11.6 Å². The van der Waals surface area contributed by atoms with E-state index in [9.17, 15) is 9.18 Å². The average Bonchev–Trinajstić information content (AvgIpc) is 2.89. The second-order valence-electron chi connectivity index (χ2n) is 4.47. The molecule has 0 amide bonds. The van der Waals surface area contributed by atoms with Gasteiger partial charge in [-0.05, 0) is 18.2 Å². The van der Waals surface area contributed by atoms with Gasteiger partial charge in [0.05, 0.1) is 6.26 Å². The third-order valence-corrected chi connectivity index (χ3v) is 3.13. The number of rotatable bonds is 4. The van der Waals surface area contributed by atoms with Crippen LogP contribution < -0.4 is 4.74 Å². The summed E-state index contributed by atoms with van der Waals surface area (Å²) >= 11 is 0. The summed E-state index contributed by atoms with van der Waals surface area (Å²) in [7, 11) is 0. The van der Waals surface area contributed by atoms with E-state index in [0.29, 0.717) is 10.9 Å². The highest BCUT2D eigenvalue weighted by atomic mass is 19.1. The molecule has 1 aromatic heterocycles. The SMILES string of the molecule is O=C(O)c1cccc2c(COc3ccccc3F)coc12. The molecule has 2 aromatic carbocycles. The van der Waals surface area contributed by atoms with Gasteiger partial charge < -0.3 is 14.3 Å². The highest BCUT2D eigenvalue weighted by Gasteiger charge is 2.14. The summed E-state index contributed by atoms with van der Waals surface area (Å²) in [4.78, 5) is 11.1. The van der Waals surface area contributed by atoms with Crippen molar-refractivity contribution in [1.82, 2.24) is 0 Å². The Morgan fingerprint density at radius 2 is 2.00 bits per heavy atom. The lowest BCUT2D eigenvalue weighted by Crippen LogP contribution is -1.98. The summed E-state index contributed by atoms with van der Waals surface area (Å²) in [6, 6.07) is 10.9. The van der Waals surface area contributed by atoms with Gasteiger partial charge in [-0.3, -0.25) is 0 Å². The van der Waals surface area contributed by atoms with Crippen LogP contribution in [0.5, 0.6) is 5.75 Å². The van der Waals surface area contributed by atoms with Crippen molar-refractivity contribution in [3.8, 4) is 5.75 Å². The van der Waals surface area contributed by atoms with E-state index >= 15 is 0 Å². The standard InChI is InChI=1S/C16H11FO4/c17-13-6-1-2-7-14(13)20-8-10-9-21-15-11(10)4-3-5-12(15)16(18)19/h1-7,9H,8H2,(H,18,19). The number of ether oxygens (including phenoxy) is 1. The number of hydrogen-bond donors (Lipinski definition) is 1. The Bertz CT molecular complexity index is 807. The smallest absolute Gasteiger partial charge is 0.339 e. The minimum atomic E-state index is -1.06. The Kier molecular flexibility index (Phi) is 3.31. The molecule has 0 saturated carbocycles. The summed E-state index contributed by atoms with van der Waals surface area (Å²) < 4.78 is 24.2. The first-order valence-electron chi connectivity index (χ1n) is 6.26. The molecule has 21 heavy (non-hydrogen) atoms. The maximum atomic E-state index is 13.5. The van der Waals surface area contributed by atoms with Crippen LogP contribution in [0.1, 0.15) is 15.9 Å². The maximum Gasteiger partial charge on any atom is 0.339 e. The van der Waals surface area contributed by atoms with E-state index in [0.717, 1.165) is 0 Å². The fraction of sp³-hybridized carbons (Fsp3) is 0.0625. The van der Waals surface area contributed by atoms with Crippen molar-refractivity contribution in [2.75, 3.05) is 0 Å². The van der Waals surface area contributed by atoms with Gasteiger partial charge in [-0.15, -0.1) is 0 Å². The highest BCUT2D eigenvalue weighted by molar-refractivity contribution is 6.01. The van der Waals surface area contributed by atoms with E-state index in [-0.39, 0.29) is 23.5 Å². The molecule has 3 rings (SSSR count). The van der Waals surface area contributed by atoms with E-state index in [1.54, 1.807) is 24.3 Å². The fourth-order valence-electron chi connectivity index (χ4n) is 2.11. The molecule has 3 aromatic rings. The lowest BCUT2D eigenvalue weighted by molar-refractivity contribution is 0.0698. The molecular weight excluding hydrogens is 275 g/mol. The zero-order chi connectivity index (χ0) is 14.8. The molecule has 0 saturated heterocycles. The molecule has 0 aliphatic carbocycles. The number of halogens is 1. The zero-order valence-electron chi connectivity index (χ0n) is 10.9. The van der Waals surface area contributed by atoms with E-state index in [2.05, 4.69) is 0 Å². The first-order valence-corrected chi connectivity index (χ1v) is 6.26. The molecule has 5 heteroatoms. The van der Waals surface area contributed by atoms with Crippen LogP contribution in [0.4, 0.5) is 4.39 Å². The van der Waals surface area contributed by atoms with Crippen LogP contribution in [-0.4, -0.2) is 11.1 Å². The first kappa shape index (κ1) is 13.2. The number of aromatic carboxylic acids is 1. The van der Waals surface area contributed by atoms with Crippen molar-refractivity contribution < 1.29 is 23.4 Å². The third-order valence-electron chi connectivity index (χ3n) is 3.13. The molecule has 0 unspecified atom stereocenters. The number of para-hydroxylation sites is 2. The number of furan rings is 1. The number of hydrogen-bond acceptors (Lipinski definition) is 3. The second-order valence-corrected chi connectivity index (χ2v) is 4.47. The van der Waals surface area contributed by atoms with Crippen molar-refractivity contribution in [2.24, 2.45) is 0 Å². The molecule has 1 N–H and O–H groups in total. The number of carboxylic acids is 1. The Morgan fingerprint density at radius 1 is 1.19 bits per heavy atom. The molecule has 1 heterocycles. The Labute approximate surface area is 119 Å². The normalized spacial score (nSPS) is 10.7. The van der Waals surface area contributed by atoms with E-state index < -0.39 is 11.8 Å². The van der Waals surface area contributed by atoms with Crippen LogP contribution in [0.15, 0.2) is 53.1 Å². The highest BCUT2D eigenvalue weighted by Crippen LogP contribution is 2.26. The third kappa shape index (κ3) is 2.45. The molecule has 0 aliphatic heterocycles. The zero-order valence-corrected chi connectivity index (χ0v) is 10.9. The molecule has 0 fully saturated rings. The number of carboxylic acid groups (broad SMARTS) is 1. The van der Waals surface area contributed by atoms with Crippen molar-refractivity contribution in [1.29, 1.82) is 0 Å².